The van der Waals surface area contributed by atoms with Crippen molar-refractivity contribution in [2.45, 2.75) is 71.4 Å². The van der Waals surface area contributed by atoms with E-state index in [0.29, 0.717) is 12.0 Å². The summed E-state index contributed by atoms with van der Waals surface area (Å²) < 4.78 is 5.32. The topological polar surface area (TPSA) is 35.2 Å². The molecule has 1 saturated carbocycles. The van der Waals surface area contributed by atoms with Gasteiger partial charge in [-0.1, -0.05) is 31.9 Å². The molecule has 0 saturated heterocycles. The van der Waals surface area contributed by atoms with Crippen molar-refractivity contribution in [1.82, 2.24) is 0 Å². The van der Waals surface area contributed by atoms with Gasteiger partial charge in [-0.2, -0.15) is 0 Å². The van der Waals surface area contributed by atoms with Gasteiger partial charge in [-0.15, -0.1) is 0 Å². The summed E-state index contributed by atoms with van der Waals surface area (Å²) >= 11 is 0. The van der Waals surface area contributed by atoms with Gasteiger partial charge in [0.15, 0.2) is 0 Å². The number of nitrogens with two attached hydrogens (primary N) is 1. The fourth-order valence-corrected chi connectivity index (χ4v) is 2.86. The molecule has 0 heterocycles. The molecule has 19 heavy (non-hydrogen) atoms. The normalized spacial score (nSPS) is 29.3. The second kappa shape index (κ2) is 8.76. The van der Waals surface area contributed by atoms with E-state index >= 15 is 0 Å². The van der Waals surface area contributed by atoms with Gasteiger partial charge in [0.1, 0.15) is 0 Å². The van der Waals surface area contributed by atoms with Gasteiger partial charge < -0.3 is 10.5 Å². The highest BCUT2D eigenvalue weighted by molar-refractivity contribution is 4.97. The number of methoxy groups -OCH3 is 1. The summed E-state index contributed by atoms with van der Waals surface area (Å²) in [6, 6.07) is 0.239. The molecule has 0 aromatic rings. The van der Waals surface area contributed by atoms with Gasteiger partial charge in [0.25, 0.3) is 0 Å². The molecule has 1 fully saturated rings. The van der Waals surface area contributed by atoms with Crippen LogP contribution in [-0.4, -0.2) is 19.3 Å². The van der Waals surface area contributed by atoms with Gasteiger partial charge in [-0.25, -0.2) is 0 Å². The van der Waals surface area contributed by atoms with E-state index in [1.54, 1.807) is 7.11 Å². The predicted molar refractivity (Wildman–Crippen MR) is 83.1 cm³/mol. The van der Waals surface area contributed by atoms with Crippen molar-refractivity contribution in [3.63, 3.8) is 0 Å². The van der Waals surface area contributed by atoms with Gasteiger partial charge >= 0.3 is 0 Å². The lowest BCUT2D eigenvalue weighted by Crippen LogP contribution is -2.26. The Morgan fingerprint density at radius 2 is 1.79 bits per heavy atom. The summed E-state index contributed by atoms with van der Waals surface area (Å²) in [5.41, 5.74) is 6.11. The van der Waals surface area contributed by atoms with Crippen molar-refractivity contribution in [1.29, 1.82) is 0 Å². The van der Waals surface area contributed by atoms with Gasteiger partial charge in [-0.05, 0) is 57.3 Å². The molecule has 2 nitrogen and oxygen atoms in total. The molecule has 0 aromatic heterocycles. The molecule has 3 unspecified atom stereocenters. The summed E-state index contributed by atoms with van der Waals surface area (Å²) in [5, 5.41) is 0. The van der Waals surface area contributed by atoms with Crippen LogP contribution >= 0.6 is 0 Å². The van der Waals surface area contributed by atoms with Crippen molar-refractivity contribution < 1.29 is 4.74 Å². The van der Waals surface area contributed by atoms with Crippen molar-refractivity contribution in [3.05, 3.63) is 12.2 Å². The van der Waals surface area contributed by atoms with E-state index in [0.717, 1.165) is 24.7 Å². The molecule has 1 aliphatic rings. The molecule has 0 spiro atoms. The van der Waals surface area contributed by atoms with E-state index in [9.17, 15) is 0 Å². The summed E-state index contributed by atoms with van der Waals surface area (Å²) in [6.45, 7) is 6.62. The first kappa shape index (κ1) is 16.7. The Hall–Kier alpha value is -0.340. The Labute approximate surface area is 119 Å². The number of hydrogen-bond donors (Lipinski definition) is 1. The van der Waals surface area contributed by atoms with Crippen molar-refractivity contribution >= 4 is 0 Å². The molecule has 1 aliphatic carbocycles. The molecule has 0 amide bonds. The Bertz CT molecular complexity index is 254. The molecule has 0 radical (unpaired) electrons. The third-order valence-electron chi connectivity index (χ3n) is 4.68. The number of hydrogen-bond acceptors (Lipinski definition) is 2. The van der Waals surface area contributed by atoms with E-state index in [4.69, 9.17) is 10.5 Å². The van der Waals surface area contributed by atoms with Crippen LogP contribution in [0.4, 0.5) is 0 Å². The zero-order valence-electron chi connectivity index (χ0n) is 13.3. The lowest BCUT2D eigenvalue weighted by Gasteiger charge is -2.25. The van der Waals surface area contributed by atoms with Crippen molar-refractivity contribution in [2.75, 3.05) is 7.11 Å². The fourth-order valence-electron chi connectivity index (χ4n) is 2.86. The maximum atomic E-state index is 6.11. The number of allylic oxidation sites excluding steroid dienone is 1. The highest BCUT2D eigenvalue weighted by atomic mass is 16.5. The first-order valence-electron chi connectivity index (χ1n) is 7.99. The summed E-state index contributed by atoms with van der Waals surface area (Å²) in [5.74, 6) is 2.21. The van der Waals surface area contributed by atoms with E-state index in [-0.39, 0.29) is 6.04 Å². The van der Waals surface area contributed by atoms with Gasteiger partial charge in [0.05, 0.1) is 6.10 Å². The second-order valence-corrected chi connectivity index (χ2v) is 6.55. The van der Waals surface area contributed by atoms with E-state index < -0.39 is 0 Å². The van der Waals surface area contributed by atoms with Crippen LogP contribution < -0.4 is 5.73 Å². The standard InChI is InChI=1S/C17H33NO/c1-13-5-8-16(9-6-13)10-12-17(15(3)18)11-7-14(2)19-4/h10,12-17H,5-9,11,18H2,1-4H3. The highest BCUT2D eigenvalue weighted by Gasteiger charge is 2.17. The molecule has 2 heteroatoms. The van der Waals surface area contributed by atoms with Crippen LogP contribution in [0.3, 0.4) is 0 Å². The SMILES string of the molecule is COC(C)CCC(C=CC1CCC(C)CC1)C(C)N. The molecular weight excluding hydrogens is 234 g/mol. The van der Waals surface area contributed by atoms with E-state index in [1.807, 2.05) is 0 Å². The average molecular weight is 267 g/mol. The zero-order valence-corrected chi connectivity index (χ0v) is 13.3. The molecule has 0 aromatic carbocycles. The lowest BCUT2D eigenvalue weighted by atomic mass is 9.82. The van der Waals surface area contributed by atoms with Gasteiger partial charge in [-0.3, -0.25) is 0 Å². The van der Waals surface area contributed by atoms with Crippen LogP contribution in [-0.2, 0) is 4.74 Å². The average Bonchev–Trinajstić information content (AvgIpc) is 2.39. The van der Waals surface area contributed by atoms with E-state index in [1.165, 1.54) is 25.7 Å². The second-order valence-electron chi connectivity index (χ2n) is 6.55. The predicted octanol–water partition coefficient (Wildman–Crippen LogP) is 4.15. The molecule has 112 valence electrons. The van der Waals surface area contributed by atoms with Crippen LogP contribution in [0.1, 0.15) is 59.3 Å². The lowest BCUT2D eigenvalue weighted by molar-refractivity contribution is 0.105. The smallest absolute Gasteiger partial charge is 0.0543 e. The largest absolute Gasteiger partial charge is 0.382 e. The quantitative estimate of drug-likeness (QED) is 0.703. The van der Waals surface area contributed by atoms with Crippen molar-refractivity contribution in [3.8, 4) is 0 Å². The molecule has 1 rings (SSSR count). The van der Waals surface area contributed by atoms with Crippen LogP contribution in [0.5, 0.6) is 0 Å². The maximum Gasteiger partial charge on any atom is 0.0543 e. The minimum Gasteiger partial charge on any atom is -0.382 e. The number of ether oxygens (including phenoxy) is 1. The Balaban J connectivity index is 2.39. The van der Waals surface area contributed by atoms with Gasteiger partial charge in [0.2, 0.25) is 0 Å². The molecule has 3 atom stereocenters. The molecule has 2 N–H and O–H groups in total. The molecule has 0 bridgehead atoms. The van der Waals surface area contributed by atoms with Crippen molar-refractivity contribution in [2.24, 2.45) is 23.5 Å². The summed E-state index contributed by atoms with van der Waals surface area (Å²) in [4.78, 5) is 0. The van der Waals surface area contributed by atoms with Gasteiger partial charge in [0, 0.05) is 13.2 Å². The minimum atomic E-state index is 0.239. The first-order valence-corrected chi connectivity index (χ1v) is 7.99. The summed E-state index contributed by atoms with van der Waals surface area (Å²) in [6.07, 6.45) is 12.9. The maximum absolute atomic E-state index is 6.11. The summed E-state index contributed by atoms with van der Waals surface area (Å²) in [7, 11) is 1.78. The highest BCUT2D eigenvalue weighted by Crippen LogP contribution is 2.29. The van der Waals surface area contributed by atoms with Crippen LogP contribution in [0.2, 0.25) is 0 Å². The Morgan fingerprint density at radius 3 is 2.32 bits per heavy atom. The monoisotopic (exact) mass is 267 g/mol. The van der Waals surface area contributed by atoms with Crippen LogP contribution in [0.15, 0.2) is 12.2 Å². The fraction of sp³-hybridized carbons (Fsp3) is 0.882. The van der Waals surface area contributed by atoms with Crippen LogP contribution in [0, 0.1) is 17.8 Å². The first-order chi connectivity index (χ1) is 9.02. The Morgan fingerprint density at radius 1 is 1.16 bits per heavy atom. The number of rotatable bonds is 7. The Kier molecular flexibility index (Phi) is 7.70. The molecular formula is C17H33NO. The van der Waals surface area contributed by atoms with E-state index in [2.05, 4.69) is 32.9 Å². The zero-order chi connectivity index (χ0) is 14.3. The minimum absolute atomic E-state index is 0.239. The third kappa shape index (κ3) is 6.58. The molecule has 0 aliphatic heterocycles. The third-order valence-corrected chi connectivity index (χ3v) is 4.68. The van der Waals surface area contributed by atoms with Crippen LogP contribution in [0.25, 0.3) is 0 Å².